The molecular formula is C10H15. The summed E-state index contributed by atoms with van der Waals surface area (Å²) in [6.45, 7) is 11.0. The maximum absolute atomic E-state index is 3.35. The molecule has 0 fully saturated rings. The lowest BCUT2D eigenvalue weighted by atomic mass is 9.82. The van der Waals surface area contributed by atoms with Crippen molar-refractivity contribution in [1.29, 1.82) is 0 Å². The molecule has 0 saturated carbocycles. The quantitative estimate of drug-likeness (QED) is 0.478. The van der Waals surface area contributed by atoms with E-state index in [-0.39, 0.29) is 5.41 Å². The first-order valence-electron chi connectivity index (χ1n) is 3.75. The predicted octanol–water partition coefficient (Wildman–Crippen LogP) is 3.11. The Hall–Kier alpha value is -0.520. The number of allylic oxidation sites excluding steroid dienone is 4. The van der Waals surface area contributed by atoms with E-state index >= 15 is 0 Å². The number of hydrogen-bond donors (Lipinski definition) is 0. The molecule has 0 aromatic heterocycles. The van der Waals surface area contributed by atoms with E-state index in [0.717, 1.165) is 0 Å². The van der Waals surface area contributed by atoms with Gasteiger partial charge in [-0.15, -0.1) is 0 Å². The van der Waals surface area contributed by atoms with E-state index in [1.165, 1.54) is 16.7 Å². The van der Waals surface area contributed by atoms with Crippen LogP contribution in [-0.2, 0) is 0 Å². The minimum absolute atomic E-state index is 0.268. The normalized spacial score (nSPS) is 23.5. The van der Waals surface area contributed by atoms with Gasteiger partial charge in [-0.05, 0) is 32.4 Å². The van der Waals surface area contributed by atoms with Gasteiger partial charge in [-0.1, -0.05) is 25.0 Å². The summed E-state index contributed by atoms with van der Waals surface area (Å²) in [7, 11) is 0. The standard InChI is InChI=1S/C10H15/c1-7-6-8(2)10(4,5)9(7)3/h1-5H3. The van der Waals surface area contributed by atoms with Gasteiger partial charge in [0.2, 0.25) is 0 Å². The molecule has 0 aromatic rings. The first kappa shape index (κ1) is 7.59. The minimum Gasteiger partial charge on any atom is -0.0601 e. The summed E-state index contributed by atoms with van der Waals surface area (Å²) in [5.74, 6) is 0. The molecule has 1 radical (unpaired) electrons. The van der Waals surface area contributed by atoms with Crippen molar-refractivity contribution in [2.45, 2.75) is 34.6 Å². The second kappa shape index (κ2) is 1.98. The van der Waals surface area contributed by atoms with E-state index < -0.39 is 0 Å². The van der Waals surface area contributed by atoms with Crippen LogP contribution in [0.25, 0.3) is 0 Å². The Kier molecular flexibility index (Phi) is 1.50. The lowest BCUT2D eigenvalue weighted by molar-refractivity contribution is 0.548. The van der Waals surface area contributed by atoms with Gasteiger partial charge in [-0.25, -0.2) is 0 Å². The molecule has 0 spiro atoms. The van der Waals surface area contributed by atoms with Gasteiger partial charge in [0, 0.05) is 5.41 Å². The lowest BCUT2D eigenvalue weighted by Crippen LogP contribution is -2.10. The largest absolute Gasteiger partial charge is 0.0601 e. The smallest absolute Gasteiger partial charge is 0.00737 e. The Bertz CT molecular complexity index is 214. The molecule has 0 nitrogen and oxygen atoms in total. The molecule has 10 heavy (non-hydrogen) atoms. The molecule has 0 heterocycles. The molecule has 1 aliphatic rings. The van der Waals surface area contributed by atoms with Gasteiger partial charge in [-0.3, -0.25) is 0 Å². The highest BCUT2D eigenvalue weighted by atomic mass is 14.3. The van der Waals surface area contributed by atoms with Crippen molar-refractivity contribution in [3.63, 3.8) is 0 Å². The molecule has 0 N–H and O–H groups in total. The monoisotopic (exact) mass is 135 g/mol. The zero-order valence-corrected chi connectivity index (χ0v) is 7.50. The highest BCUT2D eigenvalue weighted by Crippen LogP contribution is 2.41. The molecule has 1 aliphatic carbocycles. The van der Waals surface area contributed by atoms with Crippen LogP contribution in [0.3, 0.4) is 0 Å². The summed E-state index contributed by atoms with van der Waals surface area (Å²) in [6, 6.07) is 0. The van der Waals surface area contributed by atoms with E-state index in [1.807, 2.05) is 0 Å². The minimum atomic E-state index is 0.268. The zero-order valence-electron chi connectivity index (χ0n) is 7.50. The highest BCUT2D eigenvalue weighted by molar-refractivity contribution is 5.39. The van der Waals surface area contributed by atoms with Gasteiger partial charge < -0.3 is 0 Å². The molecule has 0 aliphatic heterocycles. The van der Waals surface area contributed by atoms with Crippen LogP contribution in [0.15, 0.2) is 16.7 Å². The Morgan fingerprint density at radius 3 is 1.70 bits per heavy atom. The maximum Gasteiger partial charge on any atom is 0.00737 e. The van der Waals surface area contributed by atoms with Gasteiger partial charge in [0.25, 0.3) is 0 Å². The lowest BCUT2D eigenvalue weighted by Gasteiger charge is -2.22. The average molecular weight is 135 g/mol. The third-order valence-electron chi connectivity index (χ3n) is 2.81. The van der Waals surface area contributed by atoms with Crippen LogP contribution in [0.1, 0.15) is 34.6 Å². The van der Waals surface area contributed by atoms with E-state index in [9.17, 15) is 0 Å². The summed E-state index contributed by atoms with van der Waals surface area (Å²) in [5, 5.41) is 0. The van der Waals surface area contributed by atoms with Crippen molar-refractivity contribution in [3.05, 3.63) is 22.8 Å². The van der Waals surface area contributed by atoms with Crippen molar-refractivity contribution in [2.75, 3.05) is 0 Å². The first-order valence-corrected chi connectivity index (χ1v) is 3.75. The average Bonchev–Trinajstić information content (AvgIpc) is 1.97. The highest BCUT2D eigenvalue weighted by Gasteiger charge is 2.27. The van der Waals surface area contributed by atoms with Gasteiger partial charge in [0.05, 0.1) is 0 Å². The van der Waals surface area contributed by atoms with Crippen LogP contribution in [0.4, 0.5) is 0 Å². The molecule has 0 unspecified atom stereocenters. The van der Waals surface area contributed by atoms with Crippen LogP contribution >= 0.6 is 0 Å². The summed E-state index contributed by atoms with van der Waals surface area (Å²) in [6.07, 6.45) is 3.35. The topological polar surface area (TPSA) is 0 Å². The van der Waals surface area contributed by atoms with Gasteiger partial charge in [0.15, 0.2) is 0 Å². The second-order valence-electron chi connectivity index (χ2n) is 3.62. The second-order valence-corrected chi connectivity index (χ2v) is 3.62. The molecule has 0 amide bonds. The molecular weight excluding hydrogens is 120 g/mol. The van der Waals surface area contributed by atoms with Crippen LogP contribution in [-0.4, -0.2) is 0 Å². The molecule has 0 saturated heterocycles. The Balaban J connectivity index is 3.11. The number of rotatable bonds is 0. The van der Waals surface area contributed by atoms with Crippen molar-refractivity contribution >= 4 is 0 Å². The van der Waals surface area contributed by atoms with Gasteiger partial charge >= 0.3 is 0 Å². The molecule has 0 heteroatoms. The summed E-state index contributed by atoms with van der Waals surface area (Å²) >= 11 is 0. The van der Waals surface area contributed by atoms with E-state index in [4.69, 9.17) is 0 Å². The number of hydrogen-bond acceptors (Lipinski definition) is 0. The fourth-order valence-electron chi connectivity index (χ4n) is 1.28. The fourth-order valence-corrected chi connectivity index (χ4v) is 1.28. The van der Waals surface area contributed by atoms with Crippen molar-refractivity contribution in [1.82, 2.24) is 0 Å². The van der Waals surface area contributed by atoms with E-state index in [1.54, 1.807) is 0 Å². The molecule has 55 valence electrons. The third kappa shape index (κ3) is 0.828. The molecule has 0 atom stereocenters. The van der Waals surface area contributed by atoms with Crippen LogP contribution in [0.5, 0.6) is 0 Å². The zero-order chi connectivity index (χ0) is 7.94. The summed E-state index contributed by atoms with van der Waals surface area (Å²) in [5.41, 5.74) is 4.42. The van der Waals surface area contributed by atoms with Crippen LogP contribution in [0.2, 0.25) is 0 Å². The summed E-state index contributed by atoms with van der Waals surface area (Å²) in [4.78, 5) is 0. The van der Waals surface area contributed by atoms with Crippen molar-refractivity contribution in [2.24, 2.45) is 5.41 Å². The molecule has 1 rings (SSSR count). The molecule has 0 aromatic carbocycles. The molecule has 0 bridgehead atoms. The van der Waals surface area contributed by atoms with Gasteiger partial charge in [-0.2, -0.15) is 0 Å². The van der Waals surface area contributed by atoms with Crippen molar-refractivity contribution < 1.29 is 0 Å². The van der Waals surface area contributed by atoms with Crippen LogP contribution in [0, 0.1) is 11.5 Å². The van der Waals surface area contributed by atoms with Gasteiger partial charge in [0.1, 0.15) is 0 Å². The van der Waals surface area contributed by atoms with E-state index in [0.29, 0.717) is 0 Å². The predicted molar refractivity (Wildman–Crippen MR) is 44.6 cm³/mol. The SMILES string of the molecule is CC1=[C]C(C)=C(C)C1(C)C. The van der Waals surface area contributed by atoms with Crippen LogP contribution < -0.4 is 0 Å². The summed E-state index contributed by atoms with van der Waals surface area (Å²) < 4.78 is 0. The maximum atomic E-state index is 3.35. The van der Waals surface area contributed by atoms with E-state index in [2.05, 4.69) is 40.7 Å². The Labute approximate surface area is 63.6 Å². The van der Waals surface area contributed by atoms with Crippen molar-refractivity contribution in [3.8, 4) is 0 Å². The first-order chi connectivity index (χ1) is 4.46. The Morgan fingerprint density at radius 2 is 1.60 bits per heavy atom. The fraction of sp³-hybridized carbons (Fsp3) is 0.600. The Morgan fingerprint density at radius 1 is 1.10 bits per heavy atom. The third-order valence-corrected chi connectivity index (χ3v) is 2.81.